The summed E-state index contributed by atoms with van der Waals surface area (Å²) in [5.74, 6) is 0. The number of unbranched alkanes of at least 4 members (excludes halogenated alkanes) is 4. The number of hydrogen-bond donors (Lipinski definition) is 0. The number of hydrogen-bond acceptors (Lipinski definition) is 5. The summed E-state index contributed by atoms with van der Waals surface area (Å²) >= 11 is 1.77. The van der Waals surface area contributed by atoms with Gasteiger partial charge < -0.3 is 18.9 Å². The van der Waals surface area contributed by atoms with Crippen molar-refractivity contribution in [3.63, 3.8) is 0 Å². The van der Waals surface area contributed by atoms with E-state index in [1.54, 1.807) is 11.8 Å². The molecule has 4 nitrogen and oxygen atoms in total. The molecular weight excluding hydrogens is 372 g/mol. The average molecular weight is 417 g/mol. The molecule has 1 heterocycles. The Hall–Kier alpha value is -0.0700. The maximum atomic E-state index is 6.37. The molecule has 0 aromatic rings. The number of thioether (sulfide) groups is 1. The minimum absolute atomic E-state index is 0.0211. The minimum Gasteiger partial charge on any atom is -0.380 e. The molecule has 0 spiro atoms. The SMILES string of the molecule is C=C1S[C@H](COCCCC)[C@@H](OCCCC)[C@H](OCCCC)[C@H]1OCCCC. The molecule has 5 heteroatoms. The van der Waals surface area contributed by atoms with E-state index in [0.717, 1.165) is 82.7 Å². The second-order valence-corrected chi connectivity index (χ2v) is 8.94. The first-order valence-electron chi connectivity index (χ1n) is 11.5. The summed E-state index contributed by atoms with van der Waals surface area (Å²) in [6, 6.07) is 0. The molecule has 0 saturated carbocycles. The van der Waals surface area contributed by atoms with Crippen LogP contribution in [0.25, 0.3) is 0 Å². The molecule has 0 aromatic carbocycles. The zero-order valence-corrected chi connectivity index (χ0v) is 19.6. The Balaban J connectivity index is 2.86. The lowest BCUT2D eigenvalue weighted by Gasteiger charge is -2.43. The monoisotopic (exact) mass is 416 g/mol. The molecular formula is C23H44O4S. The first-order valence-corrected chi connectivity index (χ1v) is 12.3. The van der Waals surface area contributed by atoms with E-state index in [1.165, 1.54) is 0 Å². The molecule has 0 unspecified atom stereocenters. The summed E-state index contributed by atoms with van der Waals surface area (Å²) in [4.78, 5) is 1.05. The van der Waals surface area contributed by atoms with E-state index in [4.69, 9.17) is 18.9 Å². The quantitative estimate of drug-likeness (QED) is 0.272. The lowest BCUT2D eigenvalue weighted by atomic mass is 10.0. The summed E-state index contributed by atoms with van der Waals surface area (Å²) in [5, 5.41) is 0.207. The fourth-order valence-electron chi connectivity index (χ4n) is 3.12. The second-order valence-electron chi connectivity index (χ2n) is 7.57. The Morgan fingerprint density at radius 1 is 0.714 bits per heavy atom. The van der Waals surface area contributed by atoms with Gasteiger partial charge >= 0.3 is 0 Å². The molecule has 0 radical (unpaired) electrons. The zero-order chi connectivity index (χ0) is 20.6. The predicted octanol–water partition coefficient (Wildman–Crippen LogP) is 5.99. The van der Waals surface area contributed by atoms with Gasteiger partial charge in [-0.2, -0.15) is 0 Å². The molecule has 1 aliphatic rings. The van der Waals surface area contributed by atoms with Crippen molar-refractivity contribution in [3.05, 3.63) is 11.5 Å². The third kappa shape index (κ3) is 9.62. The standard InChI is InChI=1S/C23H44O4S/c1-6-10-14-24-18-20-22(26-16-12-8-3)23(27-17-13-9-4)21(19(5)28-20)25-15-11-7-2/h20-23H,5-18H2,1-4H3/t20-,21+,22-,23-/m1/s1. The smallest absolute Gasteiger partial charge is 0.116 e. The van der Waals surface area contributed by atoms with Gasteiger partial charge in [-0.25, -0.2) is 0 Å². The molecule has 0 amide bonds. The Kier molecular flexibility index (Phi) is 15.5. The number of ether oxygens (including phenoxy) is 4. The van der Waals surface area contributed by atoms with Gasteiger partial charge in [-0.15, -0.1) is 11.8 Å². The van der Waals surface area contributed by atoms with Gasteiger partial charge in [-0.05, 0) is 25.7 Å². The van der Waals surface area contributed by atoms with Gasteiger partial charge in [0, 0.05) is 31.3 Å². The first kappa shape index (κ1) is 26.0. The third-order valence-electron chi connectivity index (χ3n) is 4.94. The van der Waals surface area contributed by atoms with E-state index in [2.05, 4.69) is 34.3 Å². The first-order chi connectivity index (χ1) is 13.7. The largest absolute Gasteiger partial charge is 0.380 e. The molecule has 1 rings (SSSR count). The van der Waals surface area contributed by atoms with Crippen molar-refractivity contribution in [1.29, 1.82) is 0 Å². The van der Waals surface area contributed by atoms with E-state index in [9.17, 15) is 0 Å². The van der Waals surface area contributed by atoms with E-state index < -0.39 is 0 Å². The summed E-state index contributed by atoms with van der Waals surface area (Å²) in [6.07, 6.45) is 8.56. The Bertz CT molecular complexity index is 391. The van der Waals surface area contributed by atoms with Crippen molar-refractivity contribution in [3.8, 4) is 0 Å². The van der Waals surface area contributed by atoms with E-state index in [0.29, 0.717) is 6.61 Å². The highest BCUT2D eigenvalue weighted by atomic mass is 32.2. The van der Waals surface area contributed by atoms with Gasteiger partial charge in [0.25, 0.3) is 0 Å². The van der Waals surface area contributed by atoms with Gasteiger partial charge in [0.2, 0.25) is 0 Å². The van der Waals surface area contributed by atoms with Crippen molar-refractivity contribution < 1.29 is 18.9 Å². The molecule has 1 aliphatic heterocycles. The van der Waals surface area contributed by atoms with Crippen LogP contribution in [0, 0.1) is 0 Å². The van der Waals surface area contributed by atoms with E-state index >= 15 is 0 Å². The maximum Gasteiger partial charge on any atom is 0.116 e. The fraction of sp³-hybridized carbons (Fsp3) is 0.913. The van der Waals surface area contributed by atoms with Crippen molar-refractivity contribution in [2.24, 2.45) is 0 Å². The van der Waals surface area contributed by atoms with Gasteiger partial charge in [0.05, 0.1) is 11.9 Å². The highest BCUT2D eigenvalue weighted by Gasteiger charge is 2.44. The predicted molar refractivity (Wildman–Crippen MR) is 120 cm³/mol. The highest BCUT2D eigenvalue weighted by molar-refractivity contribution is 8.03. The van der Waals surface area contributed by atoms with Crippen LogP contribution in [0.2, 0.25) is 0 Å². The van der Waals surface area contributed by atoms with Crippen LogP contribution in [0.3, 0.4) is 0 Å². The Morgan fingerprint density at radius 2 is 1.21 bits per heavy atom. The van der Waals surface area contributed by atoms with Gasteiger partial charge in [0.15, 0.2) is 0 Å². The van der Waals surface area contributed by atoms with Crippen molar-refractivity contribution in [2.45, 2.75) is 103 Å². The van der Waals surface area contributed by atoms with Crippen LogP contribution in [0.4, 0.5) is 0 Å². The topological polar surface area (TPSA) is 36.9 Å². The van der Waals surface area contributed by atoms with Gasteiger partial charge in [-0.3, -0.25) is 0 Å². The minimum atomic E-state index is -0.105. The van der Waals surface area contributed by atoms with E-state index in [1.807, 2.05) is 0 Å². The molecule has 0 aromatic heterocycles. The Morgan fingerprint density at radius 3 is 1.79 bits per heavy atom. The van der Waals surface area contributed by atoms with Crippen LogP contribution in [0.15, 0.2) is 11.5 Å². The van der Waals surface area contributed by atoms with E-state index in [-0.39, 0.29) is 23.6 Å². The molecule has 0 N–H and O–H groups in total. The van der Waals surface area contributed by atoms with Crippen molar-refractivity contribution in [2.75, 3.05) is 33.0 Å². The number of rotatable bonds is 17. The third-order valence-corrected chi connectivity index (χ3v) is 6.19. The molecule has 4 atom stereocenters. The average Bonchev–Trinajstić information content (AvgIpc) is 2.69. The molecule has 1 saturated heterocycles. The van der Waals surface area contributed by atoms with Gasteiger partial charge in [-0.1, -0.05) is 60.0 Å². The van der Waals surface area contributed by atoms with Crippen LogP contribution >= 0.6 is 11.8 Å². The van der Waals surface area contributed by atoms with Crippen LogP contribution in [0.5, 0.6) is 0 Å². The second kappa shape index (κ2) is 16.7. The summed E-state index contributed by atoms with van der Waals surface area (Å²) in [5.41, 5.74) is 0. The molecule has 0 bridgehead atoms. The molecule has 166 valence electrons. The molecule has 28 heavy (non-hydrogen) atoms. The lowest BCUT2D eigenvalue weighted by molar-refractivity contribution is -0.135. The molecule has 0 aliphatic carbocycles. The summed E-state index contributed by atoms with van der Waals surface area (Å²) < 4.78 is 24.9. The van der Waals surface area contributed by atoms with Crippen LogP contribution in [0.1, 0.15) is 79.1 Å². The fourth-order valence-corrected chi connectivity index (χ4v) is 4.38. The highest BCUT2D eigenvalue weighted by Crippen LogP contribution is 2.39. The molecule has 1 fully saturated rings. The van der Waals surface area contributed by atoms with Crippen molar-refractivity contribution >= 4 is 11.8 Å². The maximum absolute atomic E-state index is 6.37. The zero-order valence-electron chi connectivity index (χ0n) is 18.8. The van der Waals surface area contributed by atoms with Gasteiger partial charge in [0.1, 0.15) is 18.3 Å². The van der Waals surface area contributed by atoms with Crippen LogP contribution in [-0.2, 0) is 18.9 Å². The van der Waals surface area contributed by atoms with Crippen LogP contribution < -0.4 is 0 Å². The lowest BCUT2D eigenvalue weighted by Crippen LogP contribution is -2.53. The van der Waals surface area contributed by atoms with Crippen LogP contribution in [-0.4, -0.2) is 56.6 Å². The summed E-state index contributed by atoms with van der Waals surface area (Å²) in [6.45, 7) is 16.8. The van der Waals surface area contributed by atoms with Crippen molar-refractivity contribution in [1.82, 2.24) is 0 Å². The Labute approximate surface area is 178 Å². The normalized spacial score (nSPS) is 25.4. The summed E-state index contributed by atoms with van der Waals surface area (Å²) in [7, 11) is 0.